The Kier molecular flexibility index (Phi) is 3.24. The van der Waals surface area contributed by atoms with Crippen LogP contribution in [0, 0.1) is 0 Å². The molecule has 0 unspecified atom stereocenters. The van der Waals surface area contributed by atoms with Gasteiger partial charge in [-0.05, 0) is 23.3 Å². The van der Waals surface area contributed by atoms with E-state index in [1.54, 1.807) is 24.3 Å². The van der Waals surface area contributed by atoms with E-state index in [1.165, 1.54) is 6.07 Å². The Morgan fingerprint density at radius 3 is 2.23 bits per heavy atom. The predicted molar refractivity (Wildman–Crippen MR) is 78.8 cm³/mol. The van der Waals surface area contributed by atoms with Gasteiger partial charge >= 0.3 is 11.8 Å². The average Bonchev–Trinajstić information content (AvgIpc) is 3.28. The van der Waals surface area contributed by atoms with E-state index in [2.05, 4.69) is 10.2 Å². The molecule has 1 aliphatic rings. The Morgan fingerprint density at radius 2 is 1.64 bits per heavy atom. The van der Waals surface area contributed by atoms with Crippen LogP contribution >= 0.6 is 0 Å². The van der Waals surface area contributed by atoms with Crippen molar-refractivity contribution in [1.29, 1.82) is 0 Å². The van der Waals surface area contributed by atoms with Gasteiger partial charge in [-0.25, -0.2) is 0 Å². The number of nitrogen functional groups attached to an aromatic ring is 1. The summed E-state index contributed by atoms with van der Waals surface area (Å²) >= 11 is 0. The number of hydrogen-bond donors (Lipinski definition) is 1. The lowest BCUT2D eigenvalue weighted by molar-refractivity contribution is -0.166. The van der Waals surface area contributed by atoms with Gasteiger partial charge in [0.05, 0.1) is 0 Å². The molecule has 0 aliphatic carbocycles. The first kappa shape index (κ1) is 14.3. The van der Waals surface area contributed by atoms with Gasteiger partial charge in [-0.2, -0.15) is 13.2 Å². The highest BCUT2D eigenvalue weighted by atomic mass is 19.4. The highest BCUT2D eigenvalue weighted by molar-refractivity contribution is 5.73. The van der Waals surface area contributed by atoms with Crippen LogP contribution in [0.2, 0.25) is 0 Å². The van der Waals surface area contributed by atoms with Gasteiger partial charge in [0.1, 0.15) is 0 Å². The van der Waals surface area contributed by atoms with Gasteiger partial charge in [0, 0.05) is 11.3 Å². The molecule has 0 radical (unpaired) electrons. The summed E-state index contributed by atoms with van der Waals surface area (Å²) in [4.78, 5) is 0. The molecule has 2 aromatic rings. The van der Waals surface area contributed by atoms with E-state index >= 15 is 0 Å². The second-order valence-electron chi connectivity index (χ2n) is 4.96. The van der Waals surface area contributed by atoms with Gasteiger partial charge in [0.2, 0.25) is 0 Å². The molecule has 3 nitrogen and oxygen atoms in total. The van der Waals surface area contributed by atoms with E-state index < -0.39 is 11.8 Å². The Morgan fingerprint density at radius 1 is 0.955 bits per heavy atom. The summed E-state index contributed by atoms with van der Waals surface area (Å²) in [6.07, 6.45) is -1.22. The van der Waals surface area contributed by atoms with Gasteiger partial charge in [0.15, 0.2) is 0 Å². The molecule has 3 rings (SSSR count). The number of hydrogen-bond acceptors (Lipinski definition) is 3. The number of anilines is 1. The van der Waals surface area contributed by atoms with Crippen molar-refractivity contribution in [2.45, 2.75) is 11.8 Å². The molecule has 0 aromatic heterocycles. The molecule has 0 bridgehead atoms. The quantitative estimate of drug-likeness (QED) is 0.653. The molecule has 112 valence electrons. The summed E-state index contributed by atoms with van der Waals surface area (Å²) in [5, 5.41) is 6.49. The number of nitrogens with two attached hydrogens (primary N) is 1. The molecule has 1 heterocycles. The van der Waals surface area contributed by atoms with Crippen LogP contribution < -0.4 is 5.73 Å². The van der Waals surface area contributed by atoms with Gasteiger partial charge in [-0.15, -0.1) is 10.2 Å². The normalized spacial score (nSPS) is 16.1. The van der Waals surface area contributed by atoms with Crippen molar-refractivity contribution in [3.8, 4) is 0 Å². The molecule has 0 saturated carbocycles. The van der Waals surface area contributed by atoms with Crippen LogP contribution in [0.15, 0.2) is 58.8 Å². The third-order valence-corrected chi connectivity index (χ3v) is 3.40. The molecule has 1 aliphatic heterocycles. The summed E-state index contributed by atoms with van der Waals surface area (Å²) < 4.78 is 39.6. The lowest BCUT2D eigenvalue weighted by atomic mass is 9.95. The van der Waals surface area contributed by atoms with Crippen LogP contribution in [-0.2, 0) is 5.66 Å². The minimum Gasteiger partial charge on any atom is -0.399 e. The highest BCUT2D eigenvalue weighted by Crippen LogP contribution is 2.53. The second kappa shape index (κ2) is 4.98. The van der Waals surface area contributed by atoms with Crippen LogP contribution in [0.4, 0.5) is 18.9 Å². The molecule has 2 N–H and O–H groups in total. The number of rotatable bonds is 3. The van der Waals surface area contributed by atoms with Gasteiger partial charge in [-0.3, -0.25) is 0 Å². The van der Waals surface area contributed by atoms with E-state index in [1.807, 2.05) is 30.3 Å². The smallest absolute Gasteiger partial charge is 0.399 e. The first-order valence-corrected chi connectivity index (χ1v) is 6.56. The molecule has 0 spiro atoms. The van der Waals surface area contributed by atoms with Crippen molar-refractivity contribution in [3.63, 3.8) is 0 Å². The monoisotopic (exact) mass is 303 g/mol. The first-order valence-electron chi connectivity index (χ1n) is 6.56. The molecular formula is C16H12F3N3. The fourth-order valence-corrected chi connectivity index (χ4v) is 2.20. The van der Waals surface area contributed by atoms with Gasteiger partial charge < -0.3 is 5.73 Å². The molecule has 0 saturated heterocycles. The summed E-state index contributed by atoms with van der Waals surface area (Å²) in [6.45, 7) is 0. The van der Waals surface area contributed by atoms with Crippen LogP contribution in [0.25, 0.3) is 12.2 Å². The van der Waals surface area contributed by atoms with Crippen molar-refractivity contribution in [2.75, 3.05) is 5.73 Å². The predicted octanol–water partition coefficient (Wildman–Crippen LogP) is 4.62. The van der Waals surface area contributed by atoms with E-state index in [0.717, 1.165) is 5.56 Å². The molecule has 6 heteroatoms. The summed E-state index contributed by atoms with van der Waals surface area (Å²) in [7, 11) is 0. The lowest BCUT2D eigenvalue weighted by Gasteiger charge is -2.17. The fraction of sp³-hybridized carbons (Fsp3) is 0.125. The lowest BCUT2D eigenvalue weighted by Crippen LogP contribution is -2.31. The first-order chi connectivity index (χ1) is 10.4. The van der Waals surface area contributed by atoms with Crippen molar-refractivity contribution in [3.05, 3.63) is 65.2 Å². The Balaban J connectivity index is 2.01. The molecule has 2 aromatic carbocycles. The van der Waals surface area contributed by atoms with Crippen LogP contribution in [0.5, 0.6) is 0 Å². The third kappa shape index (κ3) is 2.47. The molecule has 0 atom stereocenters. The van der Waals surface area contributed by atoms with E-state index in [9.17, 15) is 13.2 Å². The number of nitrogens with zero attached hydrogens (tertiary/aromatic N) is 2. The van der Waals surface area contributed by atoms with Crippen LogP contribution in [-0.4, -0.2) is 6.18 Å². The zero-order valence-electron chi connectivity index (χ0n) is 11.4. The Bertz CT molecular complexity index is 743. The average molecular weight is 303 g/mol. The van der Waals surface area contributed by atoms with Crippen LogP contribution in [0.3, 0.4) is 0 Å². The zero-order chi connectivity index (χ0) is 15.8. The molecular weight excluding hydrogens is 291 g/mol. The van der Waals surface area contributed by atoms with Gasteiger partial charge in [-0.1, -0.05) is 48.6 Å². The second-order valence-corrected chi connectivity index (χ2v) is 4.96. The minimum absolute atomic E-state index is 0.0489. The van der Waals surface area contributed by atoms with Crippen molar-refractivity contribution < 1.29 is 13.2 Å². The maximum atomic E-state index is 13.2. The topological polar surface area (TPSA) is 50.7 Å². The SMILES string of the molecule is Nc1ccc(C=Cc2ccccc2)c(C2(C(F)(F)F)N=N2)c1. The molecule has 0 fully saturated rings. The van der Waals surface area contributed by atoms with Crippen LogP contribution in [0.1, 0.15) is 16.7 Å². The number of benzene rings is 2. The maximum absolute atomic E-state index is 13.2. The summed E-state index contributed by atoms with van der Waals surface area (Å²) in [6, 6.07) is 13.7. The zero-order valence-corrected chi connectivity index (χ0v) is 11.4. The maximum Gasteiger partial charge on any atom is 0.442 e. The van der Waals surface area contributed by atoms with E-state index in [4.69, 9.17) is 5.73 Å². The summed E-state index contributed by atoms with van der Waals surface area (Å²) in [5.74, 6) is 0. The fourth-order valence-electron chi connectivity index (χ4n) is 2.20. The summed E-state index contributed by atoms with van der Waals surface area (Å²) in [5.41, 5.74) is 4.62. The highest BCUT2D eigenvalue weighted by Gasteiger charge is 2.65. The Hall–Kier alpha value is -2.63. The minimum atomic E-state index is -4.57. The van der Waals surface area contributed by atoms with Crippen molar-refractivity contribution in [1.82, 2.24) is 0 Å². The van der Waals surface area contributed by atoms with Gasteiger partial charge in [0.25, 0.3) is 0 Å². The standard InChI is InChI=1S/C16H12F3N3/c17-16(18,19)15(21-22-15)14-10-13(20)9-8-12(14)7-6-11-4-2-1-3-5-11/h1-10H,20H2. The third-order valence-electron chi connectivity index (χ3n) is 3.40. The van der Waals surface area contributed by atoms with E-state index in [0.29, 0.717) is 5.56 Å². The number of halogens is 3. The largest absolute Gasteiger partial charge is 0.442 e. The molecule has 22 heavy (non-hydrogen) atoms. The van der Waals surface area contributed by atoms with E-state index in [-0.39, 0.29) is 11.3 Å². The number of alkyl halides is 3. The van der Waals surface area contributed by atoms with Crippen molar-refractivity contribution >= 4 is 17.8 Å². The Labute approximate surface area is 125 Å². The van der Waals surface area contributed by atoms with Crippen molar-refractivity contribution in [2.24, 2.45) is 10.2 Å². The molecule has 0 amide bonds.